The Morgan fingerprint density at radius 2 is 1.85 bits per heavy atom. The van der Waals surface area contributed by atoms with Crippen molar-refractivity contribution in [3.05, 3.63) is 11.9 Å². The lowest BCUT2D eigenvalue weighted by Gasteiger charge is -2.15. The first kappa shape index (κ1) is 12.4. The van der Waals surface area contributed by atoms with E-state index in [9.17, 15) is 0 Å². The van der Waals surface area contributed by atoms with Crippen LogP contribution in [0, 0.1) is 30.6 Å². The van der Waals surface area contributed by atoms with Crippen LogP contribution < -0.4 is 10.6 Å². The molecule has 1 aromatic rings. The summed E-state index contributed by atoms with van der Waals surface area (Å²) in [4.78, 5) is 8.82. The SMILES string of the molecule is CCCNc1ncnc(NC2C3C4CCC(C4)C23)c1C. The van der Waals surface area contributed by atoms with Crippen molar-refractivity contribution in [2.24, 2.45) is 23.7 Å². The Morgan fingerprint density at radius 1 is 1.15 bits per heavy atom. The molecule has 1 heterocycles. The van der Waals surface area contributed by atoms with E-state index < -0.39 is 0 Å². The number of fused-ring (bicyclic) bond motifs is 5. The molecule has 0 aliphatic heterocycles. The Bertz CT molecular complexity index is 499. The van der Waals surface area contributed by atoms with E-state index >= 15 is 0 Å². The highest BCUT2D eigenvalue weighted by Crippen LogP contribution is 2.66. The van der Waals surface area contributed by atoms with Gasteiger partial charge in [-0.3, -0.25) is 0 Å². The average molecular weight is 272 g/mol. The monoisotopic (exact) mass is 272 g/mol. The molecule has 0 spiro atoms. The van der Waals surface area contributed by atoms with Gasteiger partial charge in [0.25, 0.3) is 0 Å². The highest BCUT2D eigenvalue weighted by atomic mass is 15.1. The van der Waals surface area contributed by atoms with Crippen LogP contribution in [0.15, 0.2) is 6.33 Å². The molecule has 3 saturated carbocycles. The fourth-order valence-electron chi connectivity index (χ4n) is 4.69. The summed E-state index contributed by atoms with van der Waals surface area (Å²) in [6.07, 6.45) is 7.23. The summed E-state index contributed by atoms with van der Waals surface area (Å²) >= 11 is 0. The van der Waals surface area contributed by atoms with Gasteiger partial charge >= 0.3 is 0 Å². The first-order valence-corrected chi connectivity index (χ1v) is 8.11. The van der Waals surface area contributed by atoms with E-state index in [0.29, 0.717) is 6.04 Å². The van der Waals surface area contributed by atoms with Gasteiger partial charge in [0, 0.05) is 18.2 Å². The van der Waals surface area contributed by atoms with E-state index in [-0.39, 0.29) is 0 Å². The third-order valence-corrected chi connectivity index (χ3v) is 5.67. The summed E-state index contributed by atoms with van der Waals surface area (Å²) < 4.78 is 0. The van der Waals surface area contributed by atoms with Crippen molar-refractivity contribution in [1.82, 2.24) is 9.97 Å². The second-order valence-corrected chi connectivity index (χ2v) is 6.78. The Morgan fingerprint density at radius 3 is 2.55 bits per heavy atom. The quantitative estimate of drug-likeness (QED) is 0.865. The number of aromatic nitrogens is 2. The van der Waals surface area contributed by atoms with Crippen molar-refractivity contribution in [2.45, 2.75) is 45.6 Å². The minimum atomic E-state index is 0.689. The van der Waals surface area contributed by atoms with Crippen LogP contribution >= 0.6 is 0 Å². The zero-order valence-corrected chi connectivity index (χ0v) is 12.4. The molecule has 3 aliphatic carbocycles. The number of nitrogens with zero attached hydrogens (tertiary/aromatic N) is 2. The first-order chi connectivity index (χ1) is 9.79. The molecule has 4 unspecified atom stereocenters. The maximum absolute atomic E-state index is 4.46. The van der Waals surface area contributed by atoms with Gasteiger partial charge in [0.15, 0.2) is 0 Å². The standard InChI is InChI=1S/C16H24N4/c1-3-6-17-15-9(2)16(19-8-18-15)20-14-12-10-4-5-11(7-10)13(12)14/h8,10-14H,3-7H2,1-2H3,(H2,17,18,19,20). The van der Waals surface area contributed by atoms with Gasteiger partial charge < -0.3 is 10.6 Å². The zero-order chi connectivity index (χ0) is 13.7. The number of hydrogen-bond acceptors (Lipinski definition) is 4. The Kier molecular flexibility index (Phi) is 2.86. The molecule has 4 atom stereocenters. The predicted octanol–water partition coefficient (Wildman–Crippen LogP) is 3.06. The van der Waals surface area contributed by atoms with Crippen molar-refractivity contribution in [3.8, 4) is 0 Å². The second kappa shape index (κ2) is 4.61. The molecule has 2 bridgehead atoms. The molecule has 0 amide bonds. The molecule has 4 nitrogen and oxygen atoms in total. The van der Waals surface area contributed by atoms with Crippen LogP contribution in [0.2, 0.25) is 0 Å². The topological polar surface area (TPSA) is 49.8 Å². The molecular formula is C16H24N4. The lowest BCUT2D eigenvalue weighted by molar-refractivity contribution is 0.456. The van der Waals surface area contributed by atoms with Crippen molar-refractivity contribution >= 4 is 11.6 Å². The third-order valence-electron chi connectivity index (χ3n) is 5.67. The van der Waals surface area contributed by atoms with Gasteiger partial charge in [-0.1, -0.05) is 6.92 Å². The Labute approximate surface area is 120 Å². The van der Waals surface area contributed by atoms with Gasteiger partial charge in [-0.05, 0) is 56.3 Å². The van der Waals surface area contributed by atoms with E-state index in [1.807, 2.05) is 0 Å². The van der Waals surface area contributed by atoms with Crippen molar-refractivity contribution in [1.29, 1.82) is 0 Å². The molecule has 4 rings (SSSR count). The average Bonchev–Trinajstić information content (AvgIpc) is 2.84. The predicted molar refractivity (Wildman–Crippen MR) is 80.8 cm³/mol. The van der Waals surface area contributed by atoms with Crippen LogP contribution in [0.25, 0.3) is 0 Å². The highest BCUT2D eigenvalue weighted by Gasteiger charge is 2.65. The summed E-state index contributed by atoms with van der Waals surface area (Å²) in [5, 5.41) is 7.10. The summed E-state index contributed by atoms with van der Waals surface area (Å²) in [6, 6.07) is 0.689. The Balaban J connectivity index is 1.47. The molecule has 108 valence electrons. The van der Waals surface area contributed by atoms with Gasteiger partial charge in [-0.2, -0.15) is 0 Å². The van der Waals surface area contributed by atoms with Gasteiger partial charge in [-0.15, -0.1) is 0 Å². The van der Waals surface area contributed by atoms with E-state index in [1.54, 1.807) is 6.33 Å². The number of rotatable bonds is 5. The number of anilines is 2. The fourth-order valence-corrected chi connectivity index (χ4v) is 4.69. The molecule has 0 aromatic carbocycles. The van der Waals surface area contributed by atoms with Gasteiger partial charge in [-0.25, -0.2) is 9.97 Å². The van der Waals surface area contributed by atoms with E-state index in [4.69, 9.17) is 0 Å². The summed E-state index contributed by atoms with van der Waals surface area (Å²) in [6.45, 7) is 5.26. The lowest BCUT2D eigenvalue weighted by Crippen LogP contribution is -2.15. The summed E-state index contributed by atoms with van der Waals surface area (Å²) in [7, 11) is 0. The fraction of sp³-hybridized carbons (Fsp3) is 0.750. The molecule has 0 radical (unpaired) electrons. The number of nitrogens with one attached hydrogen (secondary N) is 2. The van der Waals surface area contributed by atoms with Crippen LogP contribution in [-0.2, 0) is 0 Å². The second-order valence-electron chi connectivity index (χ2n) is 6.78. The minimum Gasteiger partial charge on any atom is -0.370 e. The molecule has 2 N–H and O–H groups in total. The van der Waals surface area contributed by atoms with Gasteiger partial charge in [0.2, 0.25) is 0 Å². The maximum atomic E-state index is 4.46. The van der Waals surface area contributed by atoms with Crippen LogP contribution in [0.1, 0.15) is 38.2 Å². The van der Waals surface area contributed by atoms with E-state index in [2.05, 4.69) is 34.4 Å². The molecule has 0 saturated heterocycles. The first-order valence-electron chi connectivity index (χ1n) is 8.11. The van der Waals surface area contributed by atoms with Crippen LogP contribution in [0.4, 0.5) is 11.6 Å². The molecule has 1 aromatic heterocycles. The normalized spacial score (nSPS) is 36.8. The van der Waals surface area contributed by atoms with Crippen LogP contribution in [0.3, 0.4) is 0 Å². The largest absolute Gasteiger partial charge is 0.370 e. The van der Waals surface area contributed by atoms with Gasteiger partial charge in [0.1, 0.15) is 18.0 Å². The van der Waals surface area contributed by atoms with Crippen molar-refractivity contribution < 1.29 is 0 Å². The van der Waals surface area contributed by atoms with Crippen LogP contribution in [0.5, 0.6) is 0 Å². The highest BCUT2D eigenvalue weighted by molar-refractivity contribution is 5.57. The van der Waals surface area contributed by atoms with Gasteiger partial charge in [0.05, 0.1) is 0 Å². The lowest BCUT2D eigenvalue weighted by atomic mass is 10.0. The Hall–Kier alpha value is -1.32. The molecule has 4 heteroatoms. The van der Waals surface area contributed by atoms with E-state index in [0.717, 1.165) is 48.3 Å². The van der Waals surface area contributed by atoms with Crippen molar-refractivity contribution in [2.75, 3.05) is 17.2 Å². The third kappa shape index (κ3) is 1.80. The van der Waals surface area contributed by atoms with Crippen molar-refractivity contribution in [3.63, 3.8) is 0 Å². The molecule has 3 aliphatic rings. The molecule has 3 fully saturated rings. The number of hydrogen-bond donors (Lipinski definition) is 2. The molecular weight excluding hydrogens is 248 g/mol. The summed E-state index contributed by atoms with van der Waals surface area (Å²) in [5.41, 5.74) is 1.17. The summed E-state index contributed by atoms with van der Waals surface area (Å²) in [5.74, 6) is 5.91. The minimum absolute atomic E-state index is 0.689. The maximum Gasteiger partial charge on any atom is 0.134 e. The smallest absolute Gasteiger partial charge is 0.134 e. The van der Waals surface area contributed by atoms with Crippen LogP contribution in [-0.4, -0.2) is 22.6 Å². The van der Waals surface area contributed by atoms with E-state index in [1.165, 1.54) is 24.8 Å². The zero-order valence-electron chi connectivity index (χ0n) is 12.4. The molecule has 20 heavy (non-hydrogen) atoms.